The van der Waals surface area contributed by atoms with Gasteiger partial charge in [0.1, 0.15) is 0 Å². The van der Waals surface area contributed by atoms with Crippen molar-refractivity contribution in [3.05, 3.63) is 39.9 Å². The summed E-state index contributed by atoms with van der Waals surface area (Å²) in [7, 11) is 0. The lowest BCUT2D eigenvalue weighted by molar-refractivity contribution is 0.860. The van der Waals surface area contributed by atoms with E-state index in [0.29, 0.717) is 0 Å². The highest BCUT2D eigenvalue weighted by Crippen LogP contribution is 2.26. The molecule has 2 rings (SSSR count). The molecular weight excluding hydrogens is 290 g/mol. The average molecular weight is 310 g/mol. The molecular formula is C15H20ClN3S. The molecule has 0 amide bonds. The molecule has 1 aromatic heterocycles. The summed E-state index contributed by atoms with van der Waals surface area (Å²) in [6.45, 7) is 9.09. The Morgan fingerprint density at radius 1 is 1.30 bits per heavy atom. The number of benzene rings is 1. The Morgan fingerprint density at radius 2 is 2.05 bits per heavy atom. The first kappa shape index (κ1) is 15.1. The number of halogens is 1. The molecule has 20 heavy (non-hydrogen) atoms. The van der Waals surface area contributed by atoms with Crippen molar-refractivity contribution in [1.82, 2.24) is 4.98 Å². The molecule has 0 aliphatic carbocycles. The Labute approximate surface area is 129 Å². The summed E-state index contributed by atoms with van der Waals surface area (Å²) in [5, 5.41) is 5.31. The standard InChI is InChI=1S/C15H20ClN3S/c1-4-19(5-2)15-18-10-12(20-15)9-17-14-8-6-7-13(16)11(14)3/h6-8,10,17H,4-5,9H2,1-3H3. The lowest BCUT2D eigenvalue weighted by atomic mass is 10.2. The van der Waals surface area contributed by atoms with Crippen LogP contribution in [0.2, 0.25) is 5.02 Å². The van der Waals surface area contributed by atoms with Gasteiger partial charge < -0.3 is 10.2 Å². The Hall–Kier alpha value is -1.26. The van der Waals surface area contributed by atoms with Gasteiger partial charge in [0.15, 0.2) is 5.13 Å². The number of anilines is 2. The molecule has 0 unspecified atom stereocenters. The fourth-order valence-electron chi connectivity index (χ4n) is 2.00. The lowest BCUT2D eigenvalue weighted by Gasteiger charge is -2.16. The van der Waals surface area contributed by atoms with Gasteiger partial charge in [0.25, 0.3) is 0 Å². The van der Waals surface area contributed by atoms with Gasteiger partial charge in [0, 0.05) is 34.9 Å². The Kier molecular flexibility index (Phi) is 5.26. The molecule has 2 aromatic rings. The van der Waals surface area contributed by atoms with Crippen molar-refractivity contribution in [2.24, 2.45) is 0 Å². The Morgan fingerprint density at radius 3 is 2.75 bits per heavy atom. The van der Waals surface area contributed by atoms with Crippen LogP contribution in [0.25, 0.3) is 0 Å². The highest BCUT2D eigenvalue weighted by atomic mass is 35.5. The predicted octanol–water partition coefficient (Wildman–Crippen LogP) is 4.56. The smallest absolute Gasteiger partial charge is 0.185 e. The first-order valence-electron chi connectivity index (χ1n) is 6.84. The van der Waals surface area contributed by atoms with Gasteiger partial charge in [-0.25, -0.2) is 4.98 Å². The molecule has 0 fully saturated rings. The first-order valence-corrected chi connectivity index (χ1v) is 8.03. The fraction of sp³-hybridized carbons (Fsp3) is 0.400. The van der Waals surface area contributed by atoms with Crippen LogP contribution >= 0.6 is 22.9 Å². The van der Waals surface area contributed by atoms with Crippen molar-refractivity contribution in [2.75, 3.05) is 23.3 Å². The van der Waals surface area contributed by atoms with Crippen LogP contribution in [-0.2, 0) is 6.54 Å². The number of hydrogen-bond acceptors (Lipinski definition) is 4. The van der Waals surface area contributed by atoms with E-state index >= 15 is 0 Å². The molecule has 1 N–H and O–H groups in total. The second-order valence-corrected chi connectivity index (χ2v) is 6.05. The molecule has 1 aromatic carbocycles. The molecule has 0 saturated heterocycles. The highest BCUT2D eigenvalue weighted by molar-refractivity contribution is 7.15. The highest BCUT2D eigenvalue weighted by Gasteiger charge is 2.08. The van der Waals surface area contributed by atoms with E-state index in [0.717, 1.165) is 41.0 Å². The van der Waals surface area contributed by atoms with Gasteiger partial charge in [-0.15, -0.1) is 11.3 Å². The maximum absolute atomic E-state index is 6.12. The summed E-state index contributed by atoms with van der Waals surface area (Å²) in [4.78, 5) is 7.98. The molecule has 0 saturated carbocycles. The van der Waals surface area contributed by atoms with Gasteiger partial charge in [0.05, 0.1) is 6.54 Å². The Balaban J connectivity index is 2.03. The van der Waals surface area contributed by atoms with Gasteiger partial charge in [-0.2, -0.15) is 0 Å². The van der Waals surface area contributed by atoms with Crippen LogP contribution in [0.15, 0.2) is 24.4 Å². The van der Waals surface area contributed by atoms with Gasteiger partial charge >= 0.3 is 0 Å². The zero-order chi connectivity index (χ0) is 14.5. The zero-order valence-electron chi connectivity index (χ0n) is 12.1. The number of rotatable bonds is 6. The third-order valence-corrected chi connectivity index (χ3v) is 4.76. The number of aromatic nitrogens is 1. The molecule has 3 nitrogen and oxygen atoms in total. The molecule has 5 heteroatoms. The van der Waals surface area contributed by atoms with Crippen LogP contribution in [0.3, 0.4) is 0 Å². The van der Waals surface area contributed by atoms with Crippen LogP contribution in [0.5, 0.6) is 0 Å². The van der Waals surface area contributed by atoms with E-state index in [9.17, 15) is 0 Å². The quantitative estimate of drug-likeness (QED) is 0.847. The molecule has 0 bridgehead atoms. The van der Waals surface area contributed by atoms with E-state index in [4.69, 9.17) is 11.6 Å². The largest absolute Gasteiger partial charge is 0.380 e. The maximum atomic E-state index is 6.12. The van der Waals surface area contributed by atoms with Crippen LogP contribution < -0.4 is 10.2 Å². The van der Waals surface area contributed by atoms with E-state index < -0.39 is 0 Å². The second kappa shape index (κ2) is 6.95. The molecule has 0 aliphatic rings. The average Bonchev–Trinajstić information content (AvgIpc) is 2.91. The molecule has 0 aliphatic heterocycles. The monoisotopic (exact) mass is 309 g/mol. The molecule has 1 heterocycles. The van der Waals surface area contributed by atoms with Crippen molar-refractivity contribution < 1.29 is 0 Å². The topological polar surface area (TPSA) is 28.2 Å². The SMILES string of the molecule is CCN(CC)c1ncc(CNc2cccc(Cl)c2C)s1. The van der Waals surface area contributed by atoms with Crippen LogP contribution in [0, 0.1) is 6.92 Å². The van der Waals surface area contributed by atoms with Crippen molar-refractivity contribution in [1.29, 1.82) is 0 Å². The van der Waals surface area contributed by atoms with Gasteiger partial charge in [-0.1, -0.05) is 17.7 Å². The summed E-state index contributed by atoms with van der Waals surface area (Å²) in [6, 6.07) is 5.92. The van der Waals surface area contributed by atoms with Gasteiger partial charge in [-0.3, -0.25) is 0 Å². The minimum absolute atomic E-state index is 0.778. The second-order valence-electron chi connectivity index (χ2n) is 4.55. The van der Waals surface area contributed by atoms with Gasteiger partial charge in [-0.05, 0) is 38.5 Å². The molecule has 108 valence electrons. The first-order chi connectivity index (χ1) is 9.65. The van der Waals surface area contributed by atoms with Crippen molar-refractivity contribution in [3.8, 4) is 0 Å². The Bertz CT molecular complexity index is 564. The van der Waals surface area contributed by atoms with Crippen LogP contribution in [-0.4, -0.2) is 18.1 Å². The zero-order valence-corrected chi connectivity index (χ0v) is 13.7. The fourth-order valence-corrected chi connectivity index (χ4v) is 3.15. The van der Waals surface area contributed by atoms with Crippen LogP contribution in [0.1, 0.15) is 24.3 Å². The third-order valence-electron chi connectivity index (χ3n) is 3.30. The maximum Gasteiger partial charge on any atom is 0.185 e. The molecule has 0 atom stereocenters. The molecule has 0 radical (unpaired) electrons. The normalized spacial score (nSPS) is 10.6. The van der Waals surface area contributed by atoms with Gasteiger partial charge in [0.2, 0.25) is 0 Å². The lowest BCUT2D eigenvalue weighted by Crippen LogP contribution is -2.21. The summed E-state index contributed by atoms with van der Waals surface area (Å²) in [5.41, 5.74) is 2.16. The summed E-state index contributed by atoms with van der Waals surface area (Å²) in [6.07, 6.45) is 1.95. The number of thiazole rings is 1. The van der Waals surface area contributed by atoms with E-state index in [2.05, 4.69) is 29.0 Å². The van der Waals surface area contributed by atoms with Crippen molar-refractivity contribution in [3.63, 3.8) is 0 Å². The third kappa shape index (κ3) is 3.44. The van der Waals surface area contributed by atoms with Crippen molar-refractivity contribution >= 4 is 33.8 Å². The van der Waals surface area contributed by atoms with E-state index in [1.165, 1.54) is 4.88 Å². The van der Waals surface area contributed by atoms with Crippen LogP contribution in [0.4, 0.5) is 10.8 Å². The summed E-state index contributed by atoms with van der Waals surface area (Å²) >= 11 is 7.86. The van der Waals surface area contributed by atoms with E-state index in [-0.39, 0.29) is 0 Å². The molecule has 0 spiro atoms. The summed E-state index contributed by atoms with van der Waals surface area (Å²) in [5.74, 6) is 0. The van der Waals surface area contributed by atoms with E-state index in [1.807, 2.05) is 31.3 Å². The number of nitrogens with one attached hydrogen (secondary N) is 1. The minimum Gasteiger partial charge on any atom is -0.380 e. The summed E-state index contributed by atoms with van der Waals surface area (Å²) < 4.78 is 0. The van der Waals surface area contributed by atoms with Crippen molar-refractivity contribution in [2.45, 2.75) is 27.3 Å². The number of nitrogens with zero attached hydrogens (tertiary/aromatic N) is 2. The van der Waals surface area contributed by atoms with E-state index in [1.54, 1.807) is 11.3 Å². The predicted molar refractivity (Wildman–Crippen MR) is 89.2 cm³/mol. The number of hydrogen-bond donors (Lipinski definition) is 1. The minimum atomic E-state index is 0.778.